The summed E-state index contributed by atoms with van der Waals surface area (Å²) >= 11 is 0. The maximum atomic E-state index is 3.34. The van der Waals surface area contributed by atoms with Gasteiger partial charge in [0.25, 0.3) is 0 Å². The fourth-order valence-corrected chi connectivity index (χ4v) is 1.92. The molecule has 1 aromatic carbocycles. The van der Waals surface area contributed by atoms with E-state index in [1.54, 1.807) is 0 Å². The molecule has 2 rings (SSSR count). The molecule has 0 fully saturated rings. The number of aryl methyl sites for hydroxylation is 2. The highest BCUT2D eigenvalue weighted by molar-refractivity contribution is 5.81. The van der Waals surface area contributed by atoms with E-state index in [2.05, 4.69) is 55.0 Å². The molecule has 0 saturated carbocycles. The van der Waals surface area contributed by atoms with Gasteiger partial charge in [0.1, 0.15) is 0 Å². The van der Waals surface area contributed by atoms with Crippen molar-refractivity contribution in [3.8, 4) is 0 Å². The van der Waals surface area contributed by atoms with Crippen LogP contribution < -0.4 is 5.32 Å². The summed E-state index contributed by atoms with van der Waals surface area (Å²) in [4.78, 5) is 0. The lowest BCUT2D eigenvalue weighted by Gasteiger charge is -2.03. The van der Waals surface area contributed by atoms with Crippen LogP contribution in [0.2, 0.25) is 0 Å². The Bertz CT molecular complexity index is 469. The van der Waals surface area contributed by atoms with Gasteiger partial charge in [0.15, 0.2) is 0 Å². The van der Waals surface area contributed by atoms with Crippen molar-refractivity contribution in [3.05, 3.63) is 35.5 Å². The monoisotopic (exact) mass is 202 g/mol. The lowest BCUT2D eigenvalue weighted by molar-refractivity contribution is 0.727. The normalized spacial score (nSPS) is 11.1. The van der Waals surface area contributed by atoms with Gasteiger partial charge in [-0.2, -0.15) is 0 Å². The number of fused-ring (bicyclic) bond motifs is 1. The summed E-state index contributed by atoms with van der Waals surface area (Å²) in [6.45, 7) is 6.25. The molecule has 80 valence electrons. The molecule has 2 aromatic rings. The molecule has 1 N–H and O–H groups in total. The van der Waals surface area contributed by atoms with Gasteiger partial charge >= 0.3 is 0 Å². The Kier molecular flexibility index (Phi) is 2.78. The van der Waals surface area contributed by atoms with Gasteiger partial charge in [0, 0.05) is 30.2 Å². The van der Waals surface area contributed by atoms with Gasteiger partial charge < -0.3 is 9.88 Å². The number of benzene rings is 1. The highest BCUT2D eigenvalue weighted by Crippen LogP contribution is 2.19. The van der Waals surface area contributed by atoms with E-state index in [-0.39, 0.29) is 0 Å². The Morgan fingerprint density at radius 2 is 2.07 bits per heavy atom. The summed E-state index contributed by atoms with van der Waals surface area (Å²) in [6, 6.07) is 8.91. The Labute approximate surface area is 90.9 Å². The molecule has 1 heterocycles. The van der Waals surface area contributed by atoms with Crippen LogP contribution in [0.1, 0.15) is 18.2 Å². The van der Waals surface area contributed by atoms with Gasteiger partial charge in [-0.05, 0) is 37.2 Å². The van der Waals surface area contributed by atoms with Crippen LogP contribution >= 0.6 is 0 Å². The zero-order valence-corrected chi connectivity index (χ0v) is 9.67. The fraction of sp³-hybridized carbons (Fsp3) is 0.385. The minimum absolute atomic E-state index is 0.959. The van der Waals surface area contributed by atoms with Crippen molar-refractivity contribution in [2.45, 2.75) is 20.4 Å². The maximum absolute atomic E-state index is 3.34. The third kappa shape index (κ3) is 1.90. The number of hydrogen-bond donors (Lipinski definition) is 1. The number of hydrogen-bond acceptors (Lipinski definition) is 1. The molecule has 0 aliphatic heterocycles. The maximum Gasteiger partial charge on any atom is 0.0479 e. The molecule has 0 radical (unpaired) electrons. The molecule has 0 aliphatic carbocycles. The first-order valence-electron chi connectivity index (χ1n) is 5.48. The predicted molar refractivity (Wildman–Crippen MR) is 65.0 cm³/mol. The van der Waals surface area contributed by atoms with Gasteiger partial charge in [0.05, 0.1) is 0 Å². The molecule has 0 saturated heterocycles. The molecule has 15 heavy (non-hydrogen) atoms. The van der Waals surface area contributed by atoms with E-state index in [1.165, 1.54) is 22.2 Å². The van der Waals surface area contributed by atoms with E-state index in [0.717, 1.165) is 13.1 Å². The topological polar surface area (TPSA) is 17.0 Å². The van der Waals surface area contributed by atoms with Crippen LogP contribution in [0.3, 0.4) is 0 Å². The van der Waals surface area contributed by atoms with Gasteiger partial charge in [-0.3, -0.25) is 0 Å². The van der Waals surface area contributed by atoms with Crippen molar-refractivity contribution in [1.82, 2.24) is 9.88 Å². The van der Waals surface area contributed by atoms with Crippen LogP contribution in [0.5, 0.6) is 0 Å². The van der Waals surface area contributed by atoms with E-state index in [1.807, 2.05) is 0 Å². The summed E-state index contributed by atoms with van der Waals surface area (Å²) in [6.07, 6.45) is 0. The summed E-state index contributed by atoms with van der Waals surface area (Å²) < 4.78 is 2.23. The standard InChI is InChI=1S/C13H18N2/c1-4-14-9-11-5-6-13-12(8-11)7-10(2)15(13)3/h5-8,14H,4,9H2,1-3H3. The molecule has 0 atom stereocenters. The van der Waals surface area contributed by atoms with Crippen molar-refractivity contribution in [1.29, 1.82) is 0 Å². The molecule has 2 nitrogen and oxygen atoms in total. The largest absolute Gasteiger partial charge is 0.348 e. The second-order valence-corrected chi connectivity index (χ2v) is 4.02. The molecule has 0 aliphatic rings. The summed E-state index contributed by atoms with van der Waals surface area (Å²) in [7, 11) is 2.11. The lowest BCUT2D eigenvalue weighted by Crippen LogP contribution is -2.11. The second-order valence-electron chi connectivity index (χ2n) is 4.02. The molecule has 0 amide bonds. The van der Waals surface area contributed by atoms with E-state index < -0.39 is 0 Å². The number of nitrogens with one attached hydrogen (secondary N) is 1. The van der Waals surface area contributed by atoms with Crippen LogP contribution in [0.15, 0.2) is 24.3 Å². The van der Waals surface area contributed by atoms with E-state index >= 15 is 0 Å². The Hall–Kier alpha value is -1.28. The molecular formula is C13H18N2. The Balaban J connectivity index is 2.39. The number of rotatable bonds is 3. The average Bonchev–Trinajstić information content (AvgIpc) is 2.52. The molecule has 0 bridgehead atoms. The quantitative estimate of drug-likeness (QED) is 0.809. The molecule has 2 heteroatoms. The third-order valence-corrected chi connectivity index (χ3v) is 2.93. The van der Waals surface area contributed by atoms with Gasteiger partial charge in [0.2, 0.25) is 0 Å². The van der Waals surface area contributed by atoms with E-state index in [0.29, 0.717) is 0 Å². The van der Waals surface area contributed by atoms with Crippen molar-refractivity contribution in [3.63, 3.8) is 0 Å². The summed E-state index contributed by atoms with van der Waals surface area (Å²) in [5, 5.41) is 4.68. The lowest BCUT2D eigenvalue weighted by atomic mass is 10.1. The van der Waals surface area contributed by atoms with Crippen LogP contribution in [-0.4, -0.2) is 11.1 Å². The van der Waals surface area contributed by atoms with Crippen LogP contribution in [0, 0.1) is 6.92 Å². The number of nitrogens with zero attached hydrogens (tertiary/aromatic N) is 1. The smallest absolute Gasteiger partial charge is 0.0479 e. The minimum Gasteiger partial charge on any atom is -0.348 e. The predicted octanol–water partition coefficient (Wildman–Crippen LogP) is 2.60. The van der Waals surface area contributed by atoms with Crippen molar-refractivity contribution < 1.29 is 0 Å². The SMILES string of the molecule is CCNCc1ccc2c(c1)cc(C)n2C. The second kappa shape index (κ2) is 4.07. The summed E-state index contributed by atoms with van der Waals surface area (Å²) in [5.74, 6) is 0. The first-order valence-corrected chi connectivity index (χ1v) is 5.48. The Morgan fingerprint density at radius 1 is 1.27 bits per heavy atom. The van der Waals surface area contributed by atoms with Gasteiger partial charge in [-0.15, -0.1) is 0 Å². The van der Waals surface area contributed by atoms with Gasteiger partial charge in [-0.25, -0.2) is 0 Å². The molecule has 0 spiro atoms. The van der Waals surface area contributed by atoms with Crippen LogP contribution in [-0.2, 0) is 13.6 Å². The van der Waals surface area contributed by atoms with Crippen molar-refractivity contribution in [2.75, 3.05) is 6.54 Å². The third-order valence-electron chi connectivity index (χ3n) is 2.93. The minimum atomic E-state index is 0.959. The zero-order chi connectivity index (χ0) is 10.8. The first-order chi connectivity index (χ1) is 7.22. The summed E-state index contributed by atoms with van der Waals surface area (Å²) in [5.41, 5.74) is 3.98. The highest BCUT2D eigenvalue weighted by Gasteiger charge is 2.02. The highest BCUT2D eigenvalue weighted by atomic mass is 14.9. The number of aromatic nitrogens is 1. The van der Waals surface area contributed by atoms with Crippen molar-refractivity contribution in [2.24, 2.45) is 7.05 Å². The van der Waals surface area contributed by atoms with Gasteiger partial charge in [-0.1, -0.05) is 13.0 Å². The Morgan fingerprint density at radius 3 is 2.80 bits per heavy atom. The zero-order valence-electron chi connectivity index (χ0n) is 9.67. The first kappa shape index (κ1) is 10.2. The molecular weight excluding hydrogens is 184 g/mol. The van der Waals surface area contributed by atoms with E-state index in [4.69, 9.17) is 0 Å². The molecule has 1 aromatic heterocycles. The average molecular weight is 202 g/mol. The van der Waals surface area contributed by atoms with Crippen molar-refractivity contribution >= 4 is 10.9 Å². The fourth-order valence-electron chi connectivity index (χ4n) is 1.92. The van der Waals surface area contributed by atoms with Crippen LogP contribution in [0.4, 0.5) is 0 Å². The van der Waals surface area contributed by atoms with E-state index in [9.17, 15) is 0 Å². The van der Waals surface area contributed by atoms with Crippen LogP contribution in [0.25, 0.3) is 10.9 Å². The molecule has 0 unspecified atom stereocenters.